The predicted octanol–water partition coefficient (Wildman–Crippen LogP) is 4.50. The molecule has 4 rings (SSSR count). The Morgan fingerprint density at radius 3 is 2.78 bits per heavy atom. The summed E-state index contributed by atoms with van der Waals surface area (Å²) in [5.74, 6) is -0.541. The molecule has 2 aromatic rings. The van der Waals surface area contributed by atoms with Gasteiger partial charge in [0.15, 0.2) is 5.82 Å². The number of nitrogens with one attached hydrogen (secondary N) is 2. The van der Waals surface area contributed by atoms with E-state index in [4.69, 9.17) is 11.6 Å². The summed E-state index contributed by atoms with van der Waals surface area (Å²) < 4.78 is 29.8. The van der Waals surface area contributed by atoms with Gasteiger partial charge in [-0.25, -0.2) is 9.37 Å². The summed E-state index contributed by atoms with van der Waals surface area (Å²) in [7, 11) is 0. The van der Waals surface area contributed by atoms with E-state index < -0.39 is 17.2 Å². The van der Waals surface area contributed by atoms with Crippen molar-refractivity contribution in [2.24, 2.45) is 0 Å². The molecule has 1 unspecified atom stereocenters. The standard InChI is InChI=1S/C18H22ClFN4OS2/c19-12-10-17(27(25)23-18-21-6-9-26-18)13(20)11-15(12)22-14-4-1-2-5-16(14)24-7-3-8-24/h6,9-11,14,16,22H,1-5,7-8H2,(H,21,23)/t14-,16-,27?/m0/s1. The zero-order valence-electron chi connectivity index (χ0n) is 14.8. The molecule has 146 valence electrons. The Bertz CT molecular complexity index is 775. The summed E-state index contributed by atoms with van der Waals surface area (Å²) in [4.78, 5) is 6.54. The van der Waals surface area contributed by atoms with E-state index >= 15 is 0 Å². The molecule has 1 aromatic carbocycles. The minimum atomic E-state index is -1.75. The second kappa shape index (κ2) is 8.53. The summed E-state index contributed by atoms with van der Waals surface area (Å²) in [6.07, 6.45) is 7.48. The SMILES string of the molecule is [O-][S+](Nc1nccs1)c1cc(Cl)c(N[C@H]2CCCC[C@@H]2N2CCC2)cc1F. The molecule has 1 saturated carbocycles. The predicted molar refractivity (Wildman–Crippen MR) is 109 cm³/mol. The van der Waals surface area contributed by atoms with E-state index in [9.17, 15) is 8.94 Å². The molecule has 2 N–H and O–H groups in total. The van der Waals surface area contributed by atoms with Crippen LogP contribution in [0.5, 0.6) is 0 Å². The van der Waals surface area contributed by atoms with Gasteiger partial charge in [-0.15, -0.1) is 11.3 Å². The molecule has 2 aliphatic rings. The van der Waals surface area contributed by atoms with Gasteiger partial charge in [0.05, 0.1) is 10.7 Å². The molecule has 1 aliphatic carbocycles. The van der Waals surface area contributed by atoms with Crippen LogP contribution in [0.3, 0.4) is 0 Å². The van der Waals surface area contributed by atoms with Gasteiger partial charge in [0.25, 0.3) is 0 Å². The van der Waals surface area contributed by atoms with E-state index in [1.54, 1.807) is 11.6 Å². The Labute approximate surface area is 170 Å². The van der Waals surface area contributed by atoms with E-state index in [1.807, 2.05) is 0 Å². The maximum atomic E-state index is 14.6. The van der Waals surface area contributed by atoms with Crippen LogP contribution in [-0.4, -0.2) is 39.6 Å². The summed E-state index contributed by atoms with van der Waals surface area (Å²) in [5.41, 5.74) is 0.571. The molecule has 1 aliphatic heterocycles. The smallest absolute Gasteiger partial charge is 0.226 e. The highest BCUT2D eigenvalue weighted by Gasteiger charge is 2.33. The van der Waals surface area contributed by atoms with Gasteiger partial charge in [-0.3, -0.25) is 4.90 Å². The van der Waals surface area contributed by atoms with Crippen molar-refractivity contribution in [1.82, 2.24) is 9.88 Å². The van der Waals surface area contributed by atoms with Crippen molar-refractivity contribution in [3.63, 3.8) is 0 Å². The average Bonchev–Trinajstić information content (AvgIpc) is 3.11. The number of thiazole rings is 1. The molecule has 0 spiro atoms. The second-order valence-electron chi connectivity index (χ2n) is 6.96. The molecule has 0 amide bonds. The lowest BCUT2D eigenvalue weighted by Crippen LogP contribution is -2.54. The zero-order chi connectivity index (χ0) is 18.8. The summed E-state index contributed by atoms with van der Waals surface area (Å²) in [5, 5.41) is 6.08. The fourth-order valence-electron chi connectivity index (χ4n) is 3.78. The number of nitrogens with zero attached hydrogens (tertiary/aromatic N) is 2. The van der Waals surface area contributed by atoms with Crippen molar-refractivity contribution in [2.75, 3.05) is 23.1 Å². The van der Waals surface area contributed by atoms with Crippen molar-refractivity contribution < 1.29 is 8.94 Å². The molecular weight excluding hydrogens is 407 g/mol. The molecule has 1 saturated heterocycles. The van der Waals surface area contributed by atoms with E-state index in [0.29, 0.717) is 21.9 Å². The molecule has 2 fully saturated rings. The van der Waals surface area contributed by atoms with Crippen LogP contribution in [0.2, 0.25) is 5.02 Å². The largest absolute Gasteiger partial charge is 0.588 e. The van der Waals surface area contributed by atoms with Crippen molar-refractivity contribution in [3.8, 4) is 0 Å². The molecule has 27 heavy (non-hydrogen) atoms. The van der Waals surface area contributed by atoms with E-state index in [1.165, 1.54) is 42.7 Å². The van der Waals surface area contributed by atoms with Gasteiger partial charge >= 0.3 is 0 Å². The van der Waals surface area contributed by atoms with Gasteiger partial charge < -0.3 is 9.87 Å². The summed E-state index contributed by atoms with van der Waals surface area (Å²) in [6.45, 7) is 2.29. The lowest BCUT2D eigenvalue weighted by atomic mass is 9.87. The Hall–Kier alpha value is -1.06. The minimum absolute atomic E-state index is 0.0312. The lowest BCUT2D eigenvalue weighted by Gasteiger charge is -2.45. The summed E-state index contributed by atoms with van der Waals surface area (Å²) in [6, 6.07) is 3.55. The fourth-order valence-corrected chi connectivity index (χ4v) is 5.64. The van der Waals surface area contributed by atoms with Gasteiger partial charge in [0, 0.05) is 35.8 Å². The van der Waals surface area contributed by atoms with Crippen LogP contribution in [0.4, 0.5) is 15.2 Å². The minimum Gasteiger partial charge on any atom is -0.588 e. The van der Waals surface area contributed by atoms with Crippen molar-refractivity contribution in [1.29, 1.82) is 0 Å². The zero-order valence-corrected chi connectivity index (χ0v) is 17.2. The van der Waals surface area contributed by atoms with Gasteiger partial charge in [0.1, 0.15) is 11.4 Å². The summed E-state index contributed by atoms with van der Waals surface area (Å²) >= 11 is 5.96. The second-order valence-corrected chi connectivity index (χ2v) is 9.45. The third-order valence-corrected chi connectivity index (χ3v) is 7.49. The number of halogens is 2. The van der Waals surface area contributed by atoms with E-state index in [-0.39, 0.29) is 10.9 Å². The number of hydrogen-bond donors (Lipinski definition) is 2. The van der Waals surface area contributed by atoms with Crippen molar-refractivity contribution >= 4 is 45.1 Å². The van der Waals surface area contributed by atoms with Gasteiger partial charge in [-0.05, 0) is 32.4 Å². The quantitative estimate of drug-likeness (QED) is 0.663. The topological polar surface area (TPSA) is 63.2 Å². The van der Waals surface area contributed by atoms with Gasteiger partial charge in [-0.1, -0.05) is 24.4 Å². The highest BCUT2D eigenvalue weighted by Crippen LogP contribution is 2.33. The molecule has 3 atom stereocenters. The molecule has 0 bridgehead atoms. The Morgan fingerprint density at radius 2 is 2.07 bits per heavy atom. The van der Waals surface area contributed by atoms with Gasteiger partial charge in [-0.2, -0.15) is 4.72 Å². The van der Waals surface area contributed by atoms with Crippen LogP contribution in [0.25, 0.3) is 0 Å². The van der Waals surface area contributed by atoms with Crippen LogP contribution in [-0.2, 0) is 11.4 Å². The highest BCUT2D eigenvalue weighted by molar-refractivity contribution is 7.93. The molecule has 5 nitrogen and oxygen atoms in total. The normalized spacial score (nSPS) is 24.3. The van der Waals surface area contributed by atoms with Crippen LogP contribution in [0, 0.1) is 5.82 Å². The number of aromatic nitrogens is 1. The first-order valence-electron chi connectivity index (χ1n) is 9.19. The van der Waals surface area contributed by atoms with Crippen LogP contribution in [0.1, 0.15) is 32.1 Å². The monoisotopic (exact) mass is 428 g/mol. The van der Waals surface area contributed by atoms with Gasteiger partial charge in [0.2, 0.25) is 10.0 Å². The Kier molecular flexibility index (Phi) is 6.08. The molecule has 0 radical (unpaired) electrons. The average molecular weight is 429 g/mol. The highest BCUT2D eigenvalue weighted by atomic mass is 35.5. The van der Waals surface area contributed by atoms with Crippen LogP contribution >= 0.6 is 22.9 Å². The lowest BCUT2D eigenvalue weighted by molar-refractivity contribution is 0.0828. The fraction of sp³-hybridized carbons (Fsp3) is 0.500. The first-order chi connectivity index (χ1) is 13.1. The number of hydrogen-bond acceptors (Lipinski definition) is 6. The maximum absolute atomic E-state index is 14.6. The van der Waals surface area contributed by atoms with Crippen LogP contribution in [0.15, 0.2) is 28.6 Å². The third-order valence-electron chi connectivity index (χ3n) is 5.26. The third kappa shape index (κ3) is 4.35. The molecule has 1 aromatic heterocycles. The first-order valence-corrected chi connectivity index (χ1v) is 11.6. The number of benzene rings is 1. The maximum Gasteiger partial charge on any atom is 0.226 e. The first kappa shape index (κ1) is 19.3. The molecule has 9 heteroatoms. The Morgan fingerprint density at radius 1 is 1.26 bits per heavy atom. The molecule has 2 heterocycles. The van der Waals surface area contributed by atoms with E-state index in [0.717, 1.165) is 25.9 Å². The van der Waals surface area contributed by atoms with E-state index in [2.05, 4.69) is 19.9 Å². The van der Waals surface area contributed by atoms with Crippen molar-refractivity contribution in [2.45, 2.75) is 49.1 Å². The van der Waals surface area contributed by atoms with Crippen LogP contribution < -0.4 is 10.0 Å². The number of rotatable bonds is 6. The number of anilines is 2. The molecular formula is C18H22ClFN4OS2. The van der Waals surface area contributed by atoms with Crippen molar-refractivity contribution in [3.05, 3.63) is 34.5 Å². The Balaban J connectivity index is 1.49. The number of likely N-dealkylation sites (tertiary alicyclic amines) is 1.